The average molecular weight is 244 g/mol. The molecule has 0 aliphatic carbocycles. The maximum absolute atomic E-state index is 12.2. The van der Waals surface area contributed by atoms with Crippen molar-refractivity contribution in [2.45, 2.75) is 19.9 Å². The molecule has 1 fully saturated rings. The zero-order valence-electron chi connectivity index (χ0n) is 9.62. The molecular formula is C11H18ClN3O. The molecule has 1 saturated heterocycles. The fourth-order valence-electron chi connectivity index (χ4n) is 1.97. The van der Waals surface area contributed by atoms with Crippen LogP contribution in [0.1, 0.15) is 22.8 Å². The van der Waals surface area contributed by atoms with Gasteiger partial charge >= 0.3 is 0 Å². The molecule has 1 aliphatic rings. The first-order chi connectivity index (χ1) is 7.20. The smallest absolute Gasteiger partial charge is 0.255 e. The summed E-state index contributed by atoms with van der Waals surface area (Å²) in [6.07, 6.45) is 3.65. The van der Waals surface area contributed by atoms with Crippen molar-refractivity contribution < 1.29 is 4.79 Å². The van der Waals surface area contributed by atoms with Crippen LogP contribution in [-0.2, 0) is 0 Å². The fraction of sp³-hybridized carbons (Fsp3) is 0.545. The van der Waals surface area contributed by atoms with Crippen molar-refractivity contribution in [2.75, 3.05) is 19.6 Å². The minimum atomic E-state index is 0. The van der Waals surface area contributed by atoms with E-state index in [2.05, 4.69) is 17.2 Å². The van der Waals surface area contributed by atoms with Crippen LogP contribution in [0.25, 0.3) is 0 Å². The van der Waals surface area contributed by atoms with Gasteiger partial charge in [0.05, 0.1) is 5.56 Å². The number of halogens is 1. The first kappa shape index (κ1) is 13.1. The Kier molecular flexibility index (Phi) is 4.38. The van der Waals surface area contributed by atoms with E-state index < -0.39 is 0 Å². The molecule has 0 saturated carbocycles. The van der Waals surface area contributed by atoms with E-state index in [9.17, 15) is 4.79 Å². The van der Waals surface area contributed by atoms with E-state index >= 15 is 0 Å². The molecule has 90 valence electrons. The summed E-state index contributed by atoms with van der Waals surface area (Å²) in [4.78, 5) is 17.1. The zero-order valence-corrected chi connectivity index (χ0v) is 10.4. The van der Waals surface area contributed by atoms with Crippen molar-refractivity contribution >= 4 is 18.3 Å². The number of aromatic nitrogens is 1. The largest absolute Gasteiger partial charge is 0.367 e. The van der Waals surface area contributed by atoms with Gasteiger partial charge in [0.15, 0.2) is 0 Å². The third kappa shape index (κ3) is 2.39. The van der Waals surface area contributed by atoms with Gasteiger partial charge in [0, 0.05) is 38.1 Å². The van der Waals surface area contributed by atoms with Gasteiger partial charge in [-0.15, -0.1) is 12.4 Å². The summed E-state index contributed by atoms with van der Waals surface area (Å²) < 4.78 is 0. The van der Waals surface area contributed by atoms with Crippen LogP contribution in [0.15, 0.2) is 12.4 Å². The quantitative estimate of drug-likeness (QED) is 0.778. The molecule has 2 N–H and O–H groups in total. The number of aryl methyl sites for hydroxylation is 1. The molecule has 0 unspecified atom stereocenters. The highest BCUT2D eigenvalue weighted by Gasteiger charge is 2.25. The second-order valence-corrected chi connectivity index (χ2v) is 4.10. The highest BCUT2D eigenvalue weighted by atomic mass is 35.5. The van der Waals surface area contributed by atoms with Crippen LogP contribution in [0.4, 0.5) is 0 Å². The molecule has 0 spiro atoms. The van der Waals surface area contributed by atoms with Crippen LogP contribution in [0.2, 0.25) is 0 Å². The molecule has 1 aromatic heterocycles. The van der Waals surface area contributed by atoms with Crippen molar-refractivity contribution in [1.29, 1.82) is 0 Å². The van der Waals surface area contributed by atoms with E-state index in [0.717, 1.165) is 30.8 Å². The highest BCUT2D eigenvalue weighted by molar-refractivity contribution is 5.95. The Morgan fingerprint density at radius 3 is 2.81 bits per heavy atom. The predicted octanol–water partition coefficient (Wildman–Crippen LogP) is 1.18. The summed E-state index contributed by atoms with van der Waals surface area (Å²) in [6.45, 7) is 6.60. The number of aromatic amines is 1. The Hall–Kier alpha value is -1.00. The lowest BCUT2D eigenvalue weighted by molar-refractivity contribution is 0.0655. The molecule has 2 rings (SSSR count). The van der Waals surface area contributed by atoms with Crippen LogP contribution >= 0.6 is 12.4 Å². The second-order valence-electron chi connectivity index (χ2n) is 4.10. The number of rotatable bonds is 1. The fourth-order valence-corrected chi connectivity index (χ4v) is 1.97. The van der Waals surface area contributed by atoms with E-state index in [0.29, 0.717) is 0 Å². The third-order valence-corrected chi connectivity index (χ3v) is 2.94. The minimum absolute atomic E-state index is 0. The van der Waals surface area contributed by atoms with Crippen LogP contribution in [0.5, 0.6) is 0 Å². The minimum Gasteiger partial charge on any atom is -0.367 e. The second kappa shape index (κ2) is 5.37. The number of hydrogen-bond acceptors (Lipinski definition) is 2. The van der Waals surface area contributed by atoms with Crippen LogP contribution in [0.3, 0.4) is 0 Å². The standard InChI is InChI=1S/C11H17N3O.ClH/c1-8-5-13-7-10(8)11(15)14-4-3-12-6-9(14)2;/h5,7,9,12-13H,3-4,6H2,1-2H3;1H/t9-;/m1./s1. The Morgan fingerprint density at radius 1 is 1.50 bits per heavy atom. The van der Waals surface area contributed by atoms with E-state index in [1.165, 1.54) is 0 Å². The Bertz CT molecular complexity index is 364. The van der Waals surface area contributed by atoms with E-state index in [4.69, 9.17) is 0 Å². The number of amides is 1. The van der Waals surface area contributed by atoms with Crippen LogP contribution in [-0.4, -0.2) is 41.5 Å². The van der Waals surface area contributed by atoms with E-state index in [-0.39, 0.29) is 24.4 Å². The molecule has 0 radical (unpaired) electrons. The molecule has 0 aromatic carbocycles. The van der Waals surface area contributed by atoms with Gasteiger partial charge in [-0.25, -0.2) is 0 Å². The molecule has 16 heavy (non-hydrogen) atoms. The number of carbonyl (C=O) groups excluding carboxylic acids is 1. The first-order valence-electron chi connectivity index (χ1n) is 5.35. The topological polar surface area (TPSA) is 48.1 Å². The van der Waals surface area contributed by atoms with Gasteiger partial charge in [0.2, 0.25) is 0 Å². The summed E-state index contributed by atoms with van der Waals surface area (Å²) >= 11 is 0. The third-order valence-electron chi connectivity index (χ3n) is 2.94. The summed E-state index contributed by atoms with van der Waals surface area (Å²) in [5.74, 6) is 0.141. The zero-order chi connectivity index (χ0) is 10.8. The molecule has 1 aromatic rings. The lowest BCUT2D eigenvalue weighted by Crippen LogP contribution is -2.52. The van der Waals surface area contributed by atoms with Gasteiger partial charge < -0.3 is 15.2 Å². The number of nitrogens with one attached hydrogen (secondary N) is 2. The predicted molar refractivity (Wildman–Crippen MR) is 66.1 cm³/mol. The maximum atomic E-state index is 12.2. The first-order valence-corrected chi connectivity index (χ1v) is 5.35. The van der Waals surface area contributed by atoms with Gasteiger partial charge in [-0.1, -0.05) is 0 Å². The van der Waals surface area contributed by atoms with Gasteiger partial charge in [-0.05, 0) is 19.4 Å². The number of carbonyl (C=O) groups is 1. The molecule has 0 bridgehead atoms. The van der Waals surface area contributed by atoms with E-state index in [1.807, 2.05) is 18.0 Å². The molecule has 1 aliphatic heterocycles. The molecule has 2 heterocycles. The summed E-state index contributed by atoms with van der Waals surface area (Å²) in [5, 5.41) is 3.28. The molecule has 1 atom stereocenters. The van der Waals surface area contributed by atoms with Gasteiger partial charge in [0.25, 0.3) is 5.91 Å². The molecule has 4 nitrogen and oxygen atoms in total. The maximum Gasteiger partial charge on any atom is 0.255 e. The Labute approximate surface area is 102 Å². The lowest BCUT2D eigenvalue weighted by Gasteiger charge is -2.34. The van der Waals surface area contributed by atoms with Crippen LogP contribution < -0.4 is 5.32 Å². The average Bonchev–Trinajstić information content (AvgIpc) is 2.64. The van der Waals surface area contributed by atoms with Gasteiger partial charge in [0.1, 0.15) is 0 Å². The van der Waals surface area contributed by atoms with Crippen molar-refractivity contribution in [3.8, 4) is 0 Å². The number of H-pyrrole nitrogens is 1. The summed E-state index contributed by atoms with van der Waals surface area (Å²) in [5.41, 5.74) is 1.81. The van der Waals surface area contributed by atoms with Crippen molar-refractivity contribution in [3.63, 3.8) is 0 Å². The van der Waals surface area contributed by atoms with Crippen molar-refractivity contribution in [2.24, 2.45) is 0 Å². The van der Waals surface area contributed by atoms with Crippen LogP contribution in [0, 0.1) is 6.92 Å². The number of piperazine rings is 1. The van der Waals surface area contributed by atoms with Gasteiger partial charge in [-0.2, -0.15) is 0 Å². The lowest BCUT2D eigenvalue weighted by atomic mass is 10.1. The summed E-state index contributed by atoms with van der Waals surface area (Å²) in [7, 11) is 0. The monoisotopic (exact) mass is 243 g/mol. The van der Waals surface area contributed by atoms with Crippen molar-refractivity contribution in [3.05, 3.63) is 23.5 Å². The normalized spacial score (nSPS) is 20.4. The van der Waals surface area contributed by atoms with Crippen molar-refractivity contribution in [1.82, 2.24) is 15.2 Å². The Morgan fingerprint density at radius 2 is 2.25 bits per heavy atom. The molecular weight excluding hydrogens is 226 g/mol. The van der Waals surface area contributed by atoms with Gasteiger partial charge in [-0.3, -0.25) is 4.79 Å². The molecule has 5 heteroatoms. The highest BCUT2D eigenvalue weighted by Crippen LogP contribution is 2.13. The SMILES string of the molecule is Cc1c[nH]cc1C(=O)N1CCNC[C@H]1C.Cl. The van der Waals surface area contributed by atoms with E-state index in [1.54, 1.807) is 6.20 Å². The summed E-state index contributed by atoms with van der Waals surface area (Å²) in [6, 6.07) is 0.278. The number of hydrogen-bond donors (Lipinski definition) is 2. The molecule has 1 amide bonds. The number of nitrogens with zero attached hydrogens (tertiary/aromatic N) is 1. The Balaban J connectivity index is 0.00000128.